The van der Waals surface area contributed by atoms with Crippen LogP contribution >= 0.6 is 0 Å². The van der Waals surface area contributed by atoms with Crippen molar-refractivity contribution in [3.63, 3.8) is 0 Å². The van der Waals surface area contributed by atoms with Gasteiger partial charge in [-0.05, 0) is 30.3 Å². The van der Waals surface area contributed by atoms with E-state index in [0.29, 0.717) is 6.07 Å². The molecule has 1 aliphatic rings. The highest BCUT2D eigenvalue weighted by Gasteiger charge is 2.36. The molecule has 2 N–H and O–H groups in total. The Labute approximate surface area is 108 Å². The first kappa shape index (κ1) is 14.1. The molecule has 1 heterocycles. The number of fused-ring (bicyclic) bond motifs is 1. The van der Waals surface area contributed by atoms with Crippen LogP contribution in [0.5, 0.6) is 0 Å². The smallest absolute Gasteiger partial charge is 0.330 e. The van der Waals surface area contributed by atoms with Crippen LogP contribution in [0.4, 0.5) is 13.2 Å². The Kier molecular flexibility index (Phi) is 3.22. The maximum Gasteiger partial charge on any atom is 0.416 e. The summed E-state index contributed by atoms with van der Waals surface area (Å²) in [5, 5.41) is 0. The lowest BCUT2D eigenvalue weighted by atomic mass is 10.1. The van der Waals surface area contributed by atoms with Gasteiger partial charge in [-0.1, -0.05) is 13.0 Å². The van der Waals surface area contributed by atoms with Gasteiger partial charge in [-0.15, -0.1) is 0 Å². The molecule has 19 heavy (non-hydrogen) atoms. The number of nitrogens with two attached hydrogens (primary N) is 1. The third kappa shape index (κ3) is 2.28. The van der Waals surface area contributed by atoms with E-state index in [0.717, 1.165) is 6.07 Å². The van der Waals surface area contributed by atoms with Gasteiger partial charge >= 0.3 is 6.18 Å². The molecule has 0 saturated heterocycles. The molecule has 0 fully saturated rings. The maximum absolute atomic E-state index is 12.6. The molecule has 0 saturated carbocycles. The highest BCUT2D eigenvalue weighted by Crippen LogP contribution is 2.39. The van der Waals surface area contributed by atoms with Crippen LogP contribution in [0.2, 0.25) is 0 Å². The Bertz CT molecular complexity index is 647. The fraction of sp³-hybridized carbons (Fsp3) is 0.333. The lowest BCUT2D eigenvalue weighted by Gasteiger charge is -2.11. The largest absolute Gasteiger partial charge is 0.416 e. The monoisotopic (exact) mass is 291 g/mol. The van der Waals surface area contributed by atoms with Gasteiger partial charge in [-0.2, -0.15) is 13.2 Å². The number of rotatable bonds is 2. The molecule has 0 spiro atoms. The lowest BCUT2D eigenvalue weighted by molar-refractivity contribution is -0.137. The quantitative estimate of drug-likeness (QED) is 0.910. The van der Waals surface area contributed by atoms with E-state index < -0.39 is 27.5 Å². The van der Waals surface area contributed by atoms with Gasteiger partial charge in [0.25, 0.3) is 0 Å². The summed E-state index contributed by atoms with van der Waals surface area (Å²) in [6.07, 6.45) is -3.17. The minimum Gasteiger partial charge on any atom is -0.330 e. The van der Waals surface area contributed by atoms with Crippen LogP contribution in [-0.4, -0.2) is 15.0 Å². The molecule has 2 rings (SSSR count). The summed E-state index contributed by atoms with van der Waals surface area (Å²) >= 11 is 0. The first-order valence-corrected chi connectivity index (χ1v) is 7.04. The maximum atomic E-state index is 12.6. The molecule has 0 aliphatic carbocycles. The molecule has 0 amide bonds. The molecule has 0 aromatic heterocycles. The summed E-state index contributed by atoms with van der Waals surface area (Å²) in [6.45, 7) is 1.74. The average molecular weight is 291 g/mol. The molecule has 1 aliphatic heterocycles. The van der Waals surface area contributed by atoms with Crippen LogP contribution in [0, 0.1) is 5.92 Å². The Balaban J connectivity index is 2.57. The SMILES string of the molecule is CC(CN)C1=Cc2ccc(C(F)(F)F)cc2S1(=O)=O. The molecule has 0 bridgehead atoms. The summed E-state index contributed by atoms with van der Waals surface area (Å²) in [7, 11) is -3.86. The van der Waals surface area contributed by atoms with Crippen molar-refractivity contribution < 1.29 is 21.6 Å². The highest BCUT2D eigenvalue weighted by atomic mass is 32.2. The average Bonchev–Trinajstić information content (AvgIpc) is 2.59. The van der Waals surface area contributed by atoms with Gasteiger partial charge in [0, 0.05) is 5.92 Å². The summed E-state index contributed by atoms with van der Waals surface area (Å²) in [6, 6.07) is 2.73. The van der Waals surface area contributed by atoms with Gasteiger partial charge in [0.05, 0.1) is 15.4 Å². The predicted molar refractivity (Wildman–Crippen MR) is 64.8 cm³/mol. The number of halogens is 3. The van der Waals surface area contributed by atoms with Crippen LogP contribution in [0.3, 0.4) is 0 Å². The normalized spacial score (nSPS) is 18.9. The Morgan fingerprint density at radius 3 is 2.47 bits per heavy atom. The predicted octanol–water partition coefficient (Wildman–Crippen LogP) is 2.43. The molecule has 3 nitrogen and oxygen atoms in total. The van der Waals surface area contributed by atoms with Gasteiger partial charge in [-0.3, -0.25) is 0 Å². The molecule has 1 aromatic rings. The van der Waals surface area contributed by atoms with E-state index in [1.54, 1.807) is 6.92 Å². The molecule has 0 radical (unpaired) electrons. The van der Waals surface area contributed by atoms with Crippen LogP contribution in [0.15, 0.2) is 28.0 Å². The van der Waals surface area contributed by atoms with Crippen molar-refractivity contribution in [3.8, 4) is 0 Å². The van der Waals surface area contributed by atoms with Crippen molar-refractivity contribution in [2.45, 2.75) is 18.0 Å². The van der Waals surface area contributed by atoms with Gasteiger partial charge in [0.15, 0.2) is 0 Å². The van der Waals surface area contributed by atoms with E-state index >= 15 is 0 Å². The number of alkyl halides is 3. The molecule has 1 aromatic carbocycles. The van der Waals surface area contributed by atoms with Crippen LogP contribution in [-0.2, 0) is 16.0 Å². The third-order valence-corrected chi connectivity index (χ3v) is 5.15. The summed E-state index contributed by atoms with van der Waals surface area (Å²) in [4.78, 5) is -0.220. The van der Waals surface area contributed by atoms with Crippen molar-refractivity contribution in [1.82, 2.24) is 0 Å². The van der Waals surface area contributed by atoms with Gasteiger partial charge in [0.1, 0.15) is 0 Å². The van der Waals surface area contributed by atoms with Gasteiger partial charge in [-0.25, -0.2) is 8.42 Å². The van der Waals surface area contributed by atoms with E-state index in [2.05, 4.69) is 0 Å². The van der Waals surface area contributed by atoms with E-state index in [9.17, 15) is 21.6 Å². The van der Waals surface area contributed by atoms with E-state index in [1.807, 2.05) is 0 Å². The minimum atomic E-state index is -4.56. The van der Waals surface area contributed by atoms with Crippen LogP contribution < -0.4 is 5.73 Å². The Morgan fingerprint density at radius 2 is 1.95 bits per heavy atom. The fourth-order valence-electron chi connectivity index (χ4n) is 1.94. The summed E-state index contributed by atoms with van der Waals surface area (Å²) in [5.74, 6) is -0.424. The fourth-order valence-corrected chi connectivity index (χ4v) is 3.83. The minimum absolute atomic E-state index is 0.0734. The Morgan fingerprint density at radius 1 is 1.32 bits per heavy atom. The zero-order valence-corrected chi connectivity index (χ0v) is 10.8. The topological polar surface area (TPSA) is 60.2 Å². The molecular formula is C12H12F3NO2S. The summed E-state index contributed by atoms with van der Waals surface area (Å²) in [5.41, 5.74) is 4.73. The van der Waals surface area contributed by atoms with Crippen molar-refractivity contribution in [2.75, 3.05) is 6.54 Å². The highest BCUT2D eigenvalue weighted by molar-refractivity contribution is 7.95. The molecule has 1 atom stereocenters. The van der Waals surface area contributed by atoms with Crippen LogP contribution in [0.1, 0.15) is 18.1 Å². The van der Waals surface area contributed by atoms with Gasteiger partial charge < -0.3 is 5.73 Å². The molecule has 7 heteroatoms. The number of hydrogen-bond acceptors (Lipinski definition) is 3. The third-order valence-electron chi connectivity index (χ3n) is 3.08. The van der Waals surface area contributed by atoms with E-state index in [1.165, 1.54) is 12.1 Å². The second-order valence-electron chi connectivity index (χ2n) is 4.44. The first-order valence-electron chi connectivity index (χ1n) is 5.56. The Hall–Kier alpha value is -1.34. The van der Waals surface area contributed by atoms with Crippen molar-refractivity contribution >= 4 is 15.9 Å². The van der Waals surface area contributed by atoms with Crippen LogP contribution in [0.25, 0.3) is 6.08 Å². The zero-order chi connectivity index (χ0) is 14.4. The number of sulfone groups is 1. The second kappa shape index (κ2) is 4.35. The van der Waals surface area contributed by atoms with Gasteiger partial charge in [0.2, 0.25) is 9.84 Å². The second-order valence-corrected chi connectivity index (χ2v) is 6.36. The zero-order valence-electron chi connectivity index (χ0n) is 10.0. The summed E-state index contributed by atoms with van der Waals surface area (Å²) < 4.78 is 62.1. The van der Waals surface area contributed by atoms with Crippen molar-refractivity contribution in [2.24, 2.45) is 11.7 Å². The molecule has 104 valence electrons. The molecule has 1 unspecified atom stereocenters. The lowest BCUT2D eigenvalue weighted by Crippen LogP contribution is -2.17. The first-order chi connectivity index (χ1) is 8.67. The van der Waals surface area contributed by atoms with E-state index in [-0.39, 0.29) is 21.9 Å². The standard InChI is InChI=1S/C12H12F3NO2S/c1-7(6-16)10-4-8-2-3-9(12(13,14)15)5-11(8)19(10,17)18/h2-5,7H,6,16H2,1H3. The van der Waals surface area contributed by atoms with Crippen molar-refractivity contribution in [3.05, 3.63) is 34.2 Å². The number of hydrogen-bond donors (Lipinski definition) is 1. The molecular weight excluding hydrogens is 279 g/mol. The van der Waals surface area contributed by atoms with E-state index in [4.69, 9.17) is 5.73 Å². The number of benzene rings is 1. The van der Waals surface area contributed by atoms with Crippen molar-refractivity contribution in [1.29, 1.82) is 0 Å².